The first-order chi connectivity index (χ1) is 13.7. The minimum absolute atomic E-state index is 0.472. The second-order valence-corrected chi connectivity index (χ2v) is 8.90. The van der Waals surface area contributed by atoms with E-state index in [9.17, 15) is 0 Å². The van der Waals surface area contributed by atoms with Crippen molar-refractivity contribution < 1.29 is 0 Å². The fourth-order valence-electron chi connectivity index (χ4n) is 3.47. The molecule has 1 N–H and O–H groups in total. The van der Waals surface area contributed by atoms with Gasteiger partial charge < -0.3 is 9.62 Å². The lowest BCUT2D eigenvalue weighted by molar-refractivity contribution is 0.326. The molecule has 1 aliphatic rings. The fourth-order valence-corrected chi connectivity index (χ4v) is 4.98. The molecule has 8 heteroatoms. The molecule has 4 rings (SSSR count). The third kappa shape index (κ3) is 4.78. The van der Waals surface area contributed by atoms with Gasteiger partial charge >= 0.3 is 0 Å². The van der Waals surface area contributed by atoms with E-state index in [0.717, 1.165) is 46.8 Å². The summed E-state index contributed by atoms with van der Waals surface area (Å²) in [5, 5.41) is 1.56. The molecule has 0 amide bonds. The summed E-state index contributed by atoms with van der Waals surface area (Å²) < 4.78 is 7.17. The van der Waals surface area contributed by atoms with Crippen LogP contribution in [0.1, 0.15) is 12.0 Å². The van der Waals surface area contributed by atoms with Crippen LogP contribution in [0.4, 0.5) is 10.8 Å². The van der Waals surface area contributed by atoms with Gasteiger partial charge in [0.25, 0.3) is 0 Å². The maximum absolute atomic E-state index is 6.61. The molecule has 0 radical (unpaired) electrons. The zero-order chi connectivity index (χ0) is 19.3. The molecule has 146 valence electrons. The summed E-state index contributed by atoms with van der Waals surface area (Å²) in [5.41, 5.74) is 2.45. The van der Waals surface area contributed by atoms with Crippen LogP contribution in [0.15, 0.2) is 59.8 Å². The Bertz CT molecular complexity index is 891. The summed E-state index contributed by atoms with van der Waals surface area (Å²) >= 11 is 9.43. The van der Waals surface area contributed by atoms with Crippen molar-refractivity contribution in [3.05, 3.63) is 65.4 Å². The first kappa shape index (κ1) is 19.5. The Morgan fingerprint density at radius 2 is 2.14 bits per heavy atom. The zero-order valence-corrected chi connectivity index (χ0v) is 18.0. The predicted molar refractivity (Wildman–Crippen MR) is 119 cm³/mol. The van der Waals surface area contributed by atoms with E-state index in [1.54, 1.807) is 6.33 Å². The lowest BCUT2D eigenvalue weighted by atomic mass is 10.2. The van der Waals surface area contributed by atoms with Crippen LogP contribution >= 0.6 is 35.1 Å². The summed E-state index contributed by atoms with van der Waals surface area (Å²) in [6.45, 7) is 3.17. The number of likely N-dealkylation sites (N-methyl/N-ethyl adjacent to an activating group) is 1. The van der Waals surface area contributed by atoms with Crippen molar-refractivity contribution in [2.75, 3.05) is 29.8 Å². The lowest BCUT2D eigenvalue weighted by Crippen LogP contribution is -2.34. The van der Waals surface area contributed by atoms with Crippen molar-refractivity contribution in [2.24, 2.45) is 0 Å². The molecule has 1 saturated heterocycles. The van der Waals surface area contributed by atoms with Gasteiger partial charge in [-0.2, -0.15) is 4.37 Å². The number of hydrogen-bond donors (Lipinski definition) is 1. The van der Waals surface area contributed by atoms with Gasteiger partial charge in [0, 0.05) is 49.2 Å². The van der Waals surface area contributed by atoms with Crippen molar-refractivity contribution in [1.82, 2.24) is 14.3 Å². The molecule has 0 aliphatic carbocycles. The quantitative estimate of drug-likeness (QED) is 0.530. The van der Waals surface area contributed by atoms with Gasteiger partial charge in [0.05, 0.1) is 10.7 Å². The molecule has 0 saturated carbocycles. The summed E-state index contributed by atoms with van der Waals surface area (Å²) in [6, 6.07) is 17.3. The van der Waals surface area contributed by atoms with E-state index >= 15 is 0 Å². The normalized spacial score (nSPS) is 17.0. The maximum atomic E-state index is 6.61. The van der Waals surface area contributed by atoms with Crippen molar-refractivity contribution in [2.45, 2.75) is 23.9 Å². The number of nitrogens with one attached hydrogen (secondary N) is 1. The molecule has 28 heavy (non-hydrogen) atoms. The van der Waals surface area contributed by atoms with Gasteiger partial charge in [-0.3, -0.25) is 4.90 Å². The van der Waals surface area contributed by atoms with Crippen LogP contribution in [0.2, 0.25) is 5.02 Å². The summed E-state index contributed by atoms with van der Waals surface area (Å²) in [5.74, 6) is 0. The number of anilines is 2. The van der Waals surface area contributed by atoms with Crippen molar-refractivity contribution in [3.8, 4) is 0 Å². The molecule has 5 nitrogen and oxygen atoms in total. The van der Waals surface area contributed by atoms with E-state index in [0.29, 0.717) is 6.04 Å². The van der Waals surface area contributed by atoms with E-state index in [1.165, 1.54) is 29.0 Å². The van der Waals surface area contributed by atoms with Crippen molar-refractivity contribution in [3.63, 3.8) is 0 Å². The van der Waals surface area contributed by atoms with E-state index in [4.69, 9.17) is 11.6 Å². The number of likely N-dealkylation sites (tertiary alicyclic amines) is 1. The first-order valence-corrected chi connectivity index (χ1v) is 11.1. The van der Waals surface area contributed by atoms with Gasteiger partial charge in [0.1, 0.15) is 6.33 Å². The van der Waals surface area contributed by atoms with Crippen molar-refractivity contribution in [1.29, 1.82) is 0 Å². The standard InChI is InChI=1S/C20H22ClN5S2/c1-25(16-9-10-26(13-16)12-15-5-3-2-4-6-15)19-8-7-17(11-18(19)21)27-24-20-22-14-23-28-20/h2-8,11,14,16H,9-10,12-13H2,1H3,(H,22,23,24). The van der Waals surface area contributed by atoms with Crippen molar-refractivity contribution >= 4 is 45.9 Å². The third-order valence-electron chi connectivity index (χ3n) is 4.96. The molecule has 0 bridgehead atoms. The smallest absolute Gasteiger partial charge is 0.212 e. The molecular formula is C20H22ClN5S2. The number of halogens is 1. The molecule has 2 aromatic carbocycles. The van der Waals surface area contributed by atoms with Gasteiger partial charge in [-0.05, 0) is 42.1 Å². The van der Waals surface area contributed by atoms with Crippen LogP contribution < -0.4 is 9.62 Å². The average Bonchev–Trinajstić information content (AvgIpc) is 3.39. The SMILES string of the molecule is CN(c1ccc(SNc2ncns2)cc1Cl)C1CCN(Cc2ccccc2)C1. The largest absolute Gasteiger partial charge is 0.369 e. The molecule has 0 spiro atoms. The van der Waals surface area contributed by atoms with Crippen LogP contribution in [0.25, 0.3) is 0 Å². The monoisotopic (exact) mass is 431 g/mol. The highest BCUT2D eigenvalue weighted by Gasteiger charge is 2.26. The fraction of sp³-hybridized carbons (Fsp3) is 0.300. The molecule has 2 heterocycles. The number of nitrogens with zero attached hydrogens (tertiary/aromatic N) is 4. The van der Waals surface area contributed by atoms with Gasteiger partial charge in [0.2, 0.25) is 5.13 Å². The van der Waals surface area contributed by atoms with Gasteiger partial charge in [-0.25, -0.2) is 4.98 Å². The summed E-state index contributed by atoms with van der Waals surface area (Å²) in [4.78, 5) is 10.0. The summed E-state index contributed by atoms with van der Waals surface area (Å²) in [6.07, 6.45) is 2.69. The molecule has 1 atom stereocenters. The molecule has 1 aliphatic heterocycles. The van der Waals surface area contributed by atoms with Gasteiger partial charge in [-0.1, -0.05) is 41.9 Å². The minimum atomic E-state index is 0.472. The highest BCUT2D eigenvalue weighted by atomic mass is 35.5. The Morgan fingerprint density at radius 3 is 2.89 bits per heavy atom. The highest BCUT2D eigenvalue weighted by Crippen LogP contribution is 2.33. The Morgan fingerprint density at radius 1 is 1.29 bits per heavy atom. The average molecular weight is 432 g/mol. The van der Waals surface area contributed by atoms with E-state index in [1.807, 2.05) is 6.07 Å². The van der Waals surface area contributed by atoms with E-state index in [-0.39, 0.29) is 0 Å². The Balaban J connectivity index is 1.35. The number of hydrogen-bond acceptors (Lipinski definition) is 7. The molecule has 1 unspecified atom stereocenters. The van der Waals surface area contributed by atoms with Crippen LogP contribution in [0.5, 0.6) is 0 Å². The third-order valence-corrected chi connectivity index (χ3v) is 6.76. The van der Waals surface area contributed by atoms with E-state index in [2.05, 4.69) is 73.4 Å². The minimum Gasteiger partial charge on any atom is -0.369 e. The maximum Gasteiger partial charge on any atom is 0.212 e. The second kappa shape index (κ2) is 9.13. The topological polar surface area (TPSA) is 44.3 Å². The predicted octanol–water partition coefficient (Wildman–Crippen LogP) is 5.02. The molecular weight excluding hydrogens is 410 g/mol. The molecule has 3 aromatic rings. The lowest BCUT2D eigenvalue weighted by Gasteiger charge is -2.28. The number of benzene rings is 2. The Kier molecular flexibility index (Phi) is 6.36. The second-order valence-electron chi connectivity index (χ2n) is 6.84. The molecule has 1 fully saturated rings. The van der Waals surface area contributed by atoms with E-state index < -0.39 is 0 Å². The van der Waals surface area contributed by atoms with Gasteiger partial charge in [0.15, 0.2) is 0 Å². The van der Waals surface area contributed by atoms with Crippen LogP contribution in [-0.4, -0.2) is 40.4 Å². The molecule has 1 aromatic heterocycles. The zero-order valence-electron chi connectivity index (χ0n) is 15.6. The number of rotatable bonds is 7. The number of aromatic nitrogens is 2. The summed E-state index contributed by atoms with van der Waals surface area (Å²) in [7, 11) is 2.14. The Hall–Kier alpha value is -1.80. The van der Waals surface area contributed by atoms with Crippen LogP contribution in [-0.2, 0) is 6.54 Å². The van der Waals surface area contributed by atoms with Crippen LogP contribution in [0.3, 0.4) is 0 Å². The Labute approximate surface area is 179 Å². The van der Waals surface area contributed by atoms with Crippen LogP contribution in [0, 0.1) is 0 Å². The highest BCUT2D eigenvalue weighted by molar-refractivity contribution is 8.00. The van der Waals surface area contributed by atoms with Gasteiger partial charge in [-0.15, -0.1) is 0 Å². The first-order valence-electron chi connectivity index (χ1n) is 9.17.